The Morgan fingerprint density at radius 2 is 1.75 bits per heavy atom. The Kier molecular flexibility index (Phi) is 4.67. The number of carbonyl (C=O) groups excluding carboxylic acids is 1. The fourth-order valence-corrected chi connectivity index (χ4v) is 1.51. The molecule has 0 bridgehead atoms. The lowest BCUT2D eigenvalue weighted by Gasteiger charge is -2.25. The van der Waals surface area contributed by atoms with Crippen molar-refractivity contribution < 1.29 is 23.1 Å². The van der Waals surface area contributed by atoms with E-state index in [1.54, 1.807) is 0 Å². The summed E-state index contributed by atoms with van der Waals surface area (Å²) in [5.41, 5.74) is 1.25. The van der Waals surface area contributed by atoms with Gasteiger partial charge in [-0.2, -0.15) is 13.2 Å². The third-order valence-electron chi connectivity index (χ3n) is 2.82. The number of aliphatic carboxylic acids is 1. The summed E-state index contributed by atoms with van der Waals surface area (Å²) in [5.74, 6) is -1.90. The normalized spacial score (nSPS) is 20.9. The van der Waals surface area contributed by atoms with E-state index in [0.717, 1.165) is 5.84 Å². The number of nitrogens with zero attached hydrogens (tertiary/aromatic N) is 2. The van der Waals surface area contributed by atoms with Crippen LogP contribution in [0.25, 0.3) is 0 Å². The van der Waals surface area contributed by atoms with Crippen LogP contribution in [-0.4, -0.2) is 25.0 Å². The van der Waals surface area contributed by atoms with Crippen LogP contribution < -0.4 is 9.59 Å². The maximum absolute atomic E-state index is 10.5. The Bertz CT molecular complexity index is 538. The van der Waals surface area contributed by atoms with Gasteiger partial charge in [0, 0.05) is 6.92 Å². The highest BCUT2D eigenvalue weighted by Crippen LogP contribution is 2.25. The molecule has 0 saturated carbocycles. The highest BCUT2D eigenvalue weighted by Gasteiger charge is 2.29. The van der Waals surface area contributed by atoms with Crippen LogP contribution in [0.4, 0.5) is 18.9 Å². The highest BCUT2D eigenvalue weighted by molar-refractivity contribution is 5.94. The van der Waals surface area contributed by atoms with Gasteiger partial charge < -0.3 is 9.90 Å². The Hall–Kier alpha value is -2.15. The number of halogens is 3. The Morgan fingerprint density at radius 1 is 1.25 bits per heavy atom. The molecule has 108 valence electrons. The van der Waals surface area contributed by atoms with Crippen LogP contribution in [0.5, 0.6) is 0 Å². The van der Waals surface area contributed by atoms with Crippen LogP contribution in [0.15, 0.2) is 47.7 Å². The van der Waals surface area contributed by atoms with Crippen molar-refractivity contribution in [2.45, 2.75) is 13.1 Å². The van der Waals surface area contributed by atoms with Crippen molar-refractivity contribution in [3.8, 4) is 0 Å². The molecule has 0 spiro atoms. The SMILES string of the molecule is CC1=NC=C[N+]1(C)c1ccccc1.O=C([O-])C(F)(F)F. The lowest BCUT2D eigenvalue weighted by Crippen LogP contribution is -2.41. The molecule has 1 unspecified atom stereocenters. The summed E-state index contributed by atoms with van der Waals surface area (Å²) < 4.78 is 32.2. The van der Waals surface area contributed by atoms with Crippen molar-refractivity contribution >= 4 is 17.5 Å². The third kappa shape index (κ3) is 3.67. The topological polar surface area (TPSA) is 52.5 Å². The predicted molar refractivity (Wildman–Crippen MR) is 67.5 cm³/mol. The second kappa shape index (κ2) is 5.87. The molecule has 0 aromatic heterocycles. The number of aliphatic imine (C=N–C) groups is 1. The summed E-state index contributed by atoms with van der Waals surface area (Å²) in [6.45, 7) is 2.05. The molecule has 1 aliphatic rings. The number of carboxylic acids is 1. The molecule has 1 atom stereocenters. The maximum Gasteiger partial charge on any atom is 0.430 e. The number of amidine groups is 1. The van der Waals surface area contributed by atoms with Crippen molar-refractivity contribution in [1.29, 1.82) is 0 Å². The van der Waals surface area contributed by atoms with E-state index in [1.807, 2.05) is 19.2 Å². The lowest BCUT2D eigenvalue weighted by molar-refractivity contribution is -0.344. The molecule has 0 saturated heterocycles. The first kappa shape index (κ1) is 15.9. The van der Waals surface area contributed by atoms with E-state index in [2.05, 4.69) is 42.5 Å². The van der Waals surface area contributed by atoms with Crippen LogP contribution in [0.1, 0.15) is 6.92 Å². The van der Waals surface area contributed by atoms with Crippen LogP contribution in [0, 0.1) is 0 Å². The van der Waals surface area contributed by atoms with Gasteiger partial charge in [0.15, 0.2) is 0 Å². The van der Waals surface area contributed by atoms with E-state index in [0.29, 0.717) is 4.48 Å². The van der Waals surface area contributed by atoms with Gasteiger partial charge in [0.1, 0.15) is 17.9 Å². The number of carbonyl (C=O) groups is 1. The van der Waals surface area contributed by atoms with E-state index in [4.69, 9.17) is 9.90 Å². The van der Waals surface area contributed by atoms with Crippen LogP contribution in [0.2, 0.25) is 0 Å². The minimum atomic E-state index is -5.19. The van der Waals surface area contributed by atoms with Crippen LogP contribution >= 0.6 is 0 Å². The van der Waals surface area contributed by atoms with Gasteiger partial charge in [0.2, 0.25) is 5.84 Å². The number of hydrogen-bond donors (Lipinski definition) is 0. The lowest BCUT2D eigenvalue weighted by atomic mass is 10.2. The van der Waals surface area contributed by atoms with Crippen LogP contribution in [0.3, 0.4) is 0 Å². The molecule has 1 aromatic carbocycles. The molecule has 2 rings (SSSR count). The molecule has 0 aliphatic carbocycles. The standard InChI is InChI=1S/C11H13N2.C2HF3O2/c1-10-12-8-9-13(10,2)11-6-4-3-5-7-11;3-2(4,5)1(6)7/h3-9H,1-2H3;(H,6,7)/q+1;/p-1. The molecule has 20 heavy (non-hydrogen) atoms. The van der Waals surface area contributed by atoms with Crippen molar-refractivity contribution in [3.63, 3.8) is 0 Å². The molecule has 1 aromatic rings. The van der Waals surface area contributed by atoms with E-state index in [1.165, 1.54) is 5.69 Å². The summed E-state index contributed by atoms with van der Waals surface area (Å²) in [6.07, 6.45) is -1.24. The zero-order valence-electron chi connectivity index (χ0n) is 10.9. The molecule has 0 fully saturated rings. The largest absolute Gasteiger partial charge is 0.542 e. The molecule has 0 radical (unpaired) electrons. The van der Waals surface area contributed by atoms with Gasteiger partial charge in [-0.25, -0.2) is 9.48 Å². The summed E-state index contributed by atoms with van der Waals surface area (Å²) >= 11 is 0. The fraction of sp³-hybridized carbons (Fsp3) is 0.231. The number of carboxylic acid groups (broad SMARTS) is 1. The van der Waals surface area contributed by atoms with Crippen molar-refractivity contribution in [2.75, 3.05) is 7.05 Å². The predicted octanol–water partition coefficient (Wildman–Crippen LogP) is 1.83. The average Bonchev–Trinajstić information content (AvgIpc) is 2.72. The smallest absolute Gasteiger partial charge is 0.430 e. The molecule has 1 aliphatic heterocycles. The van der Waals surface area contributed by atoms with Gasteiger partial charge in [-0.1, -0.05) is 18.2 Å². The van der Waals surface area contributed by atoms with Gasteiger partial charge in [-0.3, -0.25) is 0 Å². The molecule has 4 nitrogen and oxygen atoms in total. The number of rotatable bonds is 1. The van der Waals surface area contributed by atoms with Gasteiger partial charge in [-0.05, 0) is 12.1 Å². The summed E-state index contributed by atoms with van der Waals surface area (Å²) in [7, 11) is 2.14. The number of quaternary nitrogens is 1. The maximum atomic E-state index is 10.5. The zero-order chi connectivity index (χ0) is 15.4. The average molecular weight is 286 g/mol. The zero-order valence-corrected chi connectivity index (χ0v) is 10.9. The number of benzene rings is 1. The second-order valence-corrected chi connectivity index (χ2v) is 4.17. The second-order valence-electron chi connectivity index (χ2n) is 4.17. The first-order chi connectivity index (χ1) is 9.18. The Balaban J connectivity index is 0.000000246. The van der Waals surface area contributed by atoms with Crippen LogP contribution in [-0.2, 0) is 4.79 Å². The highest BCUT2D eigenvalue weighted by atomic mass is 19.4. The first-order valence-corrected chi connectivity index (χ1v) is 5.60. The van der Waals surface area contributed by atoms with Gasteiger partial charge in [-0.15, -0.1) is 0 Å². The molecule has 0 amide bonds. The third-order valence-corrected chi connectivity index (χ3v) is 2.82. The van der Waals surface area contributed by atoms with Gasteiger partial charge in [0.25, 0.3) is 0 Å². The first-order valence-electron chi connectivity index (χ1n) is 5.60. The van der Waals surface area contributed by atoms with E-state index in [9.17, 15) is 13.2 Å². The Morgan fingerprint density at radius 3 is 2.10 bits per heavy atom. The number of hydrogen-bond acceptors (Lipinski definition) is 3. The number of para-hydroxylation sites is 1. The summed E-state index contributed by atoms with van der Waals surface area (Å²) in [5, 5.41) is 8.78. The van der Waals surface area contributed by atoms with Crippen molar-refractivity contribution in [1.82, 2.24) is 4.48 Å². The fourth-order valence-electron chi connectivity index (χ4n) is 1.51. The minimum absolute atomic E-state index is 0.695. The Labute approximate surface area is 114 Å². The molecule has 7 heteroatoms. The van der Waals surface area contributed by atoms with Crippen molar-refractivity contribution in [2.24, 2.45) is 4.99 Å². The van der Waals surface area contributed by atoms with Gasteiger partial charge >= 0.3 is 6.18 Å². The number of alkyl halides is 3. The molecular formula is C13H13F3N2O2. The summed E-state index contributed by atoms with van der Waals surface area (Å²) in [4.78, 5) is 13.1. The minimum Gasteiger partial charge on any atom is -0.542 e. The van der Waals surface area contributed by atoms with E-state index < -0.39 is 12.1 Å². The monoisotopic (exact) mass is 286 g/mol. The molecule has 1 heterocycles. The van der Waals surface area contributed by atoms with Crippen molar-refractivity contribution in [3.05, 3.63) is 42.7 Å². The molecular weight excluding hydrogens is 273 g/mol. The quantitative estimate of drug-likeness (QED) is 0.739. The van der Waals surface area contributed by atoms with E-state index in [-0.39, 0.29) is 0 Å². The van der Waals surface area contributed by atoms with E-state index >= 15 is 0 Å². The summed E-state index contributed by atoms with van der Waals surface area (Å²) in [6, 6.07) is 10.4. The molecule has 0 N–H and O–H groups in total. The van der Waals surface area contributed by atoms with Gasteiger partial charge in [0.05, 0.1) is 13.2 Å².